The van der Waals surface area contributed by atoms with Crippen molar-refractivity contribution in [2.75, 3.05) is 13.2 Å². The van der Waals surface area contributed by atoms with Gasteiger partial charge in [-0.25, -0.2) is 0 Å². The summed E-state index contributed by atoms with van der Waals surface area (Å²) in [6.45, 7) is 1.60. The highest BCUT2D eigenvalue weighted by Gasteiger charge is 1.95. The van der Waals surface area contributed by atoms with Crippen molar-refractivity contribution in [3.63, 3.8) is 0 Å². The van der Waals surface area contributed by atoms with Crippen molar-refractivity contribution in [2.24, 2.45) is 0 Å². The van der Waals surface area contributed by atoms with E-state index in [0.29, 0.717) is 6.54 Å². The number of aliphatic hydroxyl groups excluding tert-OH is 1. The van der Waals surface area contributed by atoms with Crippen molar-refractivity contribution in [1.29, 1.82) is 0 Å². The van der Waals surface area contributed by atoms with Gasteiger partial charge in [0.15, 0.2) is 0 Å². The predicted molar refractivity (Wildman–Crippen MR) is 48.1 cm³/mol. The molecule has 0 aromatic carbocycles. The maximum Gasteiger partial charge on any atom is 0.0556 e. The van der Waals surface area contributed by atoms with Crippen LogP contribution in [0.3, 0.4) is 0 Å². The lowest BCUT2D eigenvalue weighted by Crippen LogP contribution is -2.16. The molecule has 1 rings (SSSR count). The lowest BCUT2D eigenvalue weighted by atomic mass is 10.4. The van der Waals surface area contributed by atoms with Crippen LogP contribution in [0.25, 0.3) is 0 Å². The van der Waals surface area contributed by atoms with Crippen LogP contribution in [0.1, 0.15) is 4.88 Å². The summed E-state index contributed by atoms with van der Waals surface area (Å²) in [5, 5.41) is 14.2. The Morgan fingerprint density at radius 1 is 1.64 bits per heavy atom. The van der Waals surface area contributed by atoms with E-state index in [1.165, 1.54) is 4.88 Å². The van der Waals surface area contributed by atoms with Crippen LogP contribution < -0.4 is 5.32 Å². The number of thiophene rings is 1. The molecule has 0 radical (unpaired) electrons. The number of aliphatic hydroxyl groups is 1. The molecule has 0 spiro atoms. The Hall–Kier alpha value is -0.0900. The first-order valence-corrected chi connectivity index (χ1v) is 4.63. The third kappa shape index (κ3) is 3.20. The Bertz CT molecular complexity index is 214. The molecule has 1 aromatic rings. The van der Waals surface area contributed by atoms with Crippen molar-refractivity contribution in [2.45, 2.75) is 6.54 Å². The van der Waals surface area contributed by atoms with Gasteiger partial charge in [0, 0.05) is 23.3 Å². The molecule has 1 aromatic heterocycles. The van der Waals surface area contributed by atoms with E-state index >= 15 is 0 Å². The van der Waals surface area contributed by atoms with E-state index < -0.39 is 0 Å². The van der Waals surface area contributed by atoms with Crippen LogP contribution >= 0.6 is 22.9 Å². The van der Waals surface area contributed by atoms with E-state index in [2.05, 4.69) is 5.32 Å². The van der Waals surface area contributed by atoms with Gasteiger partial charge in [-0.2, -0.15) is 0 Å². The molecule has 0 fully saturated rings. The average Bonchev–Trinajstić information content (AvgIpc) is 2.37. The van der Waals surface area contributed by atoms with Gasteiger partial charge in [-0.1, -0.05) is 11.6 Å². The minimum Gasteiger partial charge on any atom is -0.395 e. The van der Waals surface area contributed by atoms with Gasteiger partial charge in [-0.15, -0.1) is 11.3 Å². The van der Waals surface area contributed by atoms with Crippen LogP contribution in [0, 0.1) is 0 Å². The molecule has 2 N–H and O–H groups in total. The van der Waals surface area contributed by atoms with Gasteiger partial charge in [-0.05, 0) is 6.07 Å². The van der Waals surface area contributed by atoms with Crippen LogP contribution in [0.2, 0.25) is 5.02 Å². The minimum atomic E-state index is 0.180. The Kier molecular flexibility index (Phi) is 3.86. The summed E-state index contributed by atoms with van der Waals surface area (Å²) >= 11 is 7.33. The summed E-state index contributed by atoms with van der Waals surface area (Å²) in [6.07, 6.45) is 0. The molecule has 0 bridgehead atoms. The molecule has 0 saturated carbocycles. The Morgan fingerprint density at radius 3 is 3.00 bits per heavy atom. The molecule has 62 valence electrons. The van der Waals surface area contributed by atoms with Crippen LogP contribution in [-0.4, -0.2) is 18.3 Å². The Morgan fingerprint density at radius 2 is 2.45 bits per heavy atom. The number of hydrogen-bond donors (Lipinski definition) is 2. The number of rotatable bonds is 4. The number of halogens is 1. The second-order valence-electron chi connectivity index (χ2n) is 2.13. The zero-order valence-corrected chi connectivity index (χ0v) is 7.58. The van der Waals surface area contributed by atoms with Gasteiger partial charge in [0.1, 0.15) is 0 Å². The van der Waals surface area contributed by atoms with Crippen molar-refractivity contribution in [3.05, 3.63) is 21.3 Å². The molecule has 0 aliphatic rings. The van der Waals surface area contributed by atoms with Crippen molar-refractivity contribution in [3.8, 4) is 0 Å². The molecule has 4 heteroatoms. The summed E-state index contributed by atoms with van der Waals surface area (Å²) in [5.41, 5.74) is 0. The number of hydrogen-bond acceptors (Lipinski definition) is 3. The molecular weight excluding hydrogens is 182 g/mol. The smallest absolute Gasteiger partial charge is 0.0556 e. The lowest BCUT2D eigenvalue weighted by molar-refractivity contribution is 0.292. The molecular formula is C7H10ClNOS. The van der Waals surface area contributed by atoms with Crippen LogP contribution in [-0.2, 0) is 6.54 Å². The largest absolute Gasteiger partial charge is 0.395 e. The molecule has 0 amide bonds. The zero-order valence-electron chi connectivity index (χ0n) is 6.01. The molecule has 0 atom stereocenters. The van der Waals surface area contributed by atoms with Crippen molar-refractivity contribution in [1.82, 2.24) is 5.32 Å². The predicted octanol–water partition coefficient (Wildman–Crippen LogP) is 1.48. The highest BCUT2D eigenvalue weighted by molar-refractivity contribution is 7.10. The van der Waals surface area contributed by atoms with Gasteiger partial charge >= 0.3 is 0 Å². The first kappa shape index (κ1) is 9.00. The molecule has 0 aliphatic carbocycles. The summed E-state index contributed by atoms with van der Waals surface area (Å²) in [4.78, 5) is 1.20. The van der Waals surface area contributed by atoms with E-state index in [-0.39, 0.29) is 6.61 Å². The number of nitrogens with one attached hydrogen (secondary N) is 1. The van der Waals surface area contributed by atoms with Crippen molar-refractivity contribution >= 4 is 22.9 Å². The highest BCUT2D eigenvalue weighted by Crippen LogP contribution is 2.18. The molecule has 11 heavy (non-hydrogen) atoms. The third-order valence-corrected chi connectivity index (χ3v) is 2.49. The Balaban J connectivity index is 2.27. The molecule has 2 nitrogen and oxygen atoms in total. The summed E-state index contributed by atoms with van der Waals surface area (Å²) < 4.78 is 0. The van der Waals surface area contributed by atoms with Gasteiger partial charge in [0.2, 0.25) is 0 Å². The normalized spacial score (nSPS) is 10.4. The zero-order chi connectivity index (χ0) is 8.10. The van der Waals surface area contributed by atoms with Gasteiger partial charge in [-0.3, -0.25) is 0 Å². The molecule has 0 saturated heterocycles. The van der Waals surface area contributed by atoms with Gasteiger partial charge in [0.25, 0.3) is 0 Å². The van der Waals surface area contributed by atoms with Crippen LogP contribution in [0.4, 0.5) is 0 Å². The summed E-state index contributed by atoms with van der Waals surface area (Å²) in [7, 11) is 0. The maximum atomic E-state index is 8.46. The van der Waals surface area contributed by atoms with E-state index in [1.54, 1.807) is 11.3 Å². The van der Waals surface area contributed by atoms with Crippen LogP contribution in [0.5, 0.6) is 0 Å². The lowest BCUT2D eigenvalue weighted by Gasteiger charge is -1.97. The topological polar surface area (TPSA) is 32.3 Å². The molecule has 0 aliphatic heterocycles. The molecule has 0 unspecified atom stereocenters. The summed E-state index contributed by atoms with van der Waals surface area (Å²) in [6, 6.07) is 1.93. The molecule has 1 heterocycles. The van der Waals surface area contributed by atoms with Gasteiger partial charge in [0.05, 0.1) is 11.6 Å². The van der Waals surface area contributed by atoms with Crippen molar-refractivity contribution < 1.29 is 5.11 Å². The van der Waals surface area contributed by atoms with E-state index in [0.717, 1.165) is 11.6 Å². The second kappa shape index (κ2) is 4.72. The second-order valence-corrected chi connectivity index (χ2v) is 3.56. The fourth-order valence-corrected chi connectivity index (χ4v) is 1.78. The highest BCUT2D eigenvalue weighted by atomic mass is 35.5. The first-order chi connectivity index (χ1) is 5.33. The fraction of sp³-hybridized carbons (Fsp3) is 0.429. The van der Waals surface area contributed by atoms with Crippen LogP contribution in [0.15, 0.2) is 11.4 Å². The van der Waals surface area contributed by atoms with E-state index in [9.17, 15) is 0 Å². The quantitative estimate of drug-likeness (QED) is 0.707. The maximum absolute atomic E-state index is 8.46. The average molecular weight is 192 g/mol. The SMILES string of the molecule is OCCNCc1cc(Cl)cs1. The third-order valence-electron chi connectivity index (χ3n) is 1.21. The summed E-state index contributed by atoms with van der Waals surface area (Å²) in [5.74, 6) is 0. The van der Waals surface area contributed by atoms with Gasteiger partial charge < -0.3 is 10.4 Å². The standard InChI is InChI=1S/C7H10ClNOS/c8-6-3-7(11-5-6)4-9-1-2-10/h3,5,9-10H,1-2,4H2. The monoisotopic (exact) mass is 191 g/mol. The minimum absolute atomic E-state index is 0.180. The first-order valence-electron chi connectivity index (χ1n) is 3.37. The Labute approximate surface area is 74.8 Å². The van der Waals surface area contributed by atoms with E-state index in [1.807, 2.05) is 11.4 Å². The van der Waals surface area contributed by atoms with E-state index in [4.69, 9.17) is 16.7 Å². The fourth-order valence-electron chi connectivity index (χ4n) is 0.737.